The third-order valence-electron chi connectivity index (χ3n) is 4.20. The van der Waals surface area contributed by atoms with Crippen LogP contribution in [0.25, 0.3) is 0 Å². The van der Waals surface area contributed by atoms with Gasteiger partial charge in [0.25, 0.3) is 0 Å². The summed E-state index contributed by atoms with van der Waals surface area (Å²) in [5, 5.41) is 2.91. The van der Waals surface area contributed by atoms with Crippen LogP contribution in [0.1, 0.15) is 52.4 Å². The van der Waals surface area contributed by atoms with E-state index >= 15 is 0 Å². The van der Waals surface area contributed by atoms with Crippen molar-refractivity contribution in [2.24, 2.45) is 0 Å². The maximum absolute atomic E-state index is 12.0. The Morgan fingerprint density at radius 1 is 1.13 bits per heavy atom. The van der Waals surface area contributed by atoms with Crippen molar-refractivity contribution in [1.82, 2.24) is 14.5 Å². The Hall–Kier alpha value is -0.660. The molecule has 0 aromatic rings. The fourth-order valence-corrected chi connectivity index (χ4v) is 4.23. The van der Waals surface area contributed by atoms with Gasteiger partial charge in [-0.15, -0.1) is 0 Å². The van der Waals surface area contributed by atoms with E-state index < -0.39 is 10.0 Å². The first-order valence-corrected chi connectivity index (χ1v) is 10.6. The molecule has 0 aromatic carbocycles. The molecule has 1 N–H and O–H groups in total. The number of carbonyl (C=O) groups excluding carboxylic acids is 1. The van der Waals surface area contributed by atoms with Crippen molar-refractivity contribution in [2.45, 2.75) is 58.4 Å². The molecule has 0 aliphatic carbocycles. The lowest BCUT2D eigenvalue weighted by atomic mass is 10.1. The second-order valence-electron chi connectivity index (χ2n) is 6.71. The molecule has 0 radical (unpaired) electrons. The molecule has 6 nitrogen and oxygen atoms in total. The van der Waals surface area contributed by atoms with Gasteiger partial charge in [-0.2, -0.15) is 4.31 Å². The van der Waals surface area contributed by atoms with Crippen LogP contribution in [0.2, 0.25) is 0 Å². The van der Waals surface area contributed by atoms with E-state index in [1.807, 2.05) is 13.8 Å². The van der Waals surface area contributed by atoms with Gasteiger partial charge in [0.1, 0.15) is 0 Å². The summed E-state index contributed by atoms with van der Waals surface area (Å²) in [5.74, 6) is 0.0426. The molecule has 0 saturated carbocycles. The molecular weight excluding hydrogens is 314 g/mol. The zero-order valence-electron chi connectivity index (χ0n) is 14.9. The predicted octanol–water partition coefficient (Wildman–Crippen LogP) is 1.43. The van der Waals surface area contributed by atoms with Crippen molar-refractivity contribution >= 4 is 15.9 Å². The van der Waals surface area contributed by atoms with Crippen LogP contribution in [0.3, 0.4) is 0 Å². The first kappa shape index (κ1) is 20.4. The molecule has 23 heavy (non-hydrogen) atoms. The second-order valence-corrected chi connectivity index (χ2v) is 8.65. The van der Waals surface area contributed by atoms with Crippen molar-refractivity contribution < 1.29 is 13.2 Å². The zero-order valence-corrected chi connectivity index (χ0v) is 15.7. The van der Waals surface area contributed by atoms with Gasteiger partial charge in [0.05, 0.1) is 12.8 Å². The molecule has 0 bridgehead atoms. The van der Waals surface area contributed by atoms with E-state index in [0.29, 0.717) is 26.1 Å². The van der Waals surface area contributed by atoms with E-state index in [0.717, 1.165) is 13.1 Å². The van der Waals surface area contributed by atoms with E-state index in [-0.39, 0.29) is 11.9 Å². The van der Waals surface area contributed by atoms with Crippen molar-refractivity contribution in [3.05, 3.63) is 0 Å². The molecular formula is C16H33N3O3S. The highest BCUT2D eigenvalue weighted by molar-refractivity contribution is 7.88. The lowest BCUT2D eigenvalue weighted by Crippen LogP contribution is -2.41. The lowest BCUT2D eigenvalue weighted by molar-refractivity contribution is -0.122. The Morgan fingerprint density at radius 2 is 1.70 bits per heavy atom. The fraction of sp³-hybridized carbons (Fsp3) is 0.938. The summed E-state index contributed by atoms with van der Waals surface area (Å²) in [6, 6.07) is -0.0539. The Kier molecular flexibility index (Phi) is 9.09. The Morgan fingerprint density at radius 3 is 2.22 bits per heavy atom. The highest BCUT2D eigenvalue weighted by Crippen LogP contribution is 2.10. The van der Waals surface area contributed by atoms with Crippen molar-refractivity contribution in [2.75, 3.05) is 39.0 Å². The number of sulfonamides is 1. The molecule has 1 amide bonds. The number of hydrogen-bond donors (Lipinski definition) is 1. The van der Waals surface area contributed by atoms with Crippen LogP contribution >= 0.6 is 0 Å². The minimum Gasteiger partial charge on any atom is -0.355 e. The third-order valence-corrected chi connectivity index (χ3v) is 5.65. The van der Waals surface area contributed by atoms with E-state index in [4.69, 9.17) is 0 Å². The van der Waals surface area contributed by atoms with Crippen LogP contribution < -0.4 is 5.32 Å². The number of amides is 1. The molecule has 1 aliphatic rings. The highest BCUT2D eigenvalue weighted by Gasteiger charge is 2.19. The monoisotopic (exact) mass is 347 g/mol. The largest absolute Gasteiger partial charge is 0.355 e. The molecule has 7 heteroatoms. The summed E-state index contributed by atoms with van der Waals surface area (Å²) >= 11 is 0. The van der Waals surface area contributed by atoms with E-state index in [1.54, 1.807) is 0 Å². The average molecular weight is 348 g/mol. The topological polar surface area (TPSA) is 69.7 Å². The van der Waals surface area contributed by atoms with Crippen molar-refractivity contribution in [3.63, 3.8) is 0 Å². The minimum atomic E-state index is -3.18. The number of nitrogens with one attached hydrogen (secondary N) is 1. The summed E-state index contributed by atoms with van der Waals surface area (Å²) < 4.78 is 24.8. The third kappa shape index (κ3) is 8.67. The minimum absolute atomic E-state index is 0.0426. The van der Waals surface area contributed by atoms with Crippen LogP contribution in [-0.4, -0.2) is 68.6 Å². The van der Waals surface area contributed by atoms with Crippen LogP contribution in [0, 0.1) is 0 Å². The van der Waals surface area contributed by atoms with Crippen LogP contribution in [0.4, 0.5) is 0 Å². The molecule has 0 atom stereocenters. The number of hydrogen-bond acceptors (Lipinski definition) is 4. The molecule has 136 valence electrons. The van der Waals surface area contributed by atoms with Gasteiger partial charge in [0.15, 0.2) is 0 Å². The molecule has 1 aliphatic heterocycles. The fourth-order valence-electron chi connectivity index (χ4n) is 3.00. The Balaban J connectivity index is 2.25. The number of nitrogens with zero attached hydrogens (tertiary/aromatic N) is 2. The quantitative estimate of drug-likeness (QED) is 0.674. The molecule has 1 heterocycles. The summed E-state index contributed by atoms with van der Waals surface area (Å²) in [7, 11) is -3.18. The van der Waals surface area contributed by atoms with E-state index in [2.05, 4.69) is 10.2 Å². The number of likely N-dealkylation sites (tertiary alicyclic amines) is 1. The summed E-state index contributed by atoms with van der Waals surface area (Å²) in [6.45, 7) is 7.15. The van der Waals surface area contributed by atoms with Gasteiger partial charge in [0.2, 0.25) is 15.9 Å². The normalized spacial score (nSPS) is 18.0. The summed E-state index contributed by atoms with van der Waals surface area (Å²) in [5.41, 5.74) is 0. The predicted molar refractivity (Wildman–Crippen MR) is 93.8 cm³/mol. The van der Waals surface area contributed by atoms with Crippen molar-refractivity contribution in [1.29, 1.82) is 0 Å². The van der Waals surface area contributed by atoms with E-state index in [1.165, 1.54) is 42.7 Å². The van der Waals surface area contributed by atoms with Gasteiger partial charge >= 0.3 is 0 Å². The van der Waals surface area contributed by atoms with Crippen LogP contribution in [-0.2, 0) is 14.8 Å². The summed E-state index contributed by atoms with van der Waals surface area (Å²) in [6.07, 6.45) is 8.04. The Labute approximate surface area is 141 Å². The molecule has 0 unspecified atom stereocenters. The van der Waals surface area contributed by atoms with E-state index in [9.17, 15) is 13.2 Å². The van der Waals surface area contributed by atoms with Gasteiger partial charge in [0, 0.05) is 19.1 Å². The van der Waals surface area contributed by atoms with Gasteiger partial charge in [-0.05, 0) is 46.2 Å². The number of rotatable bonds is 8. The zero-order chi connectivity index (χ0) is 17.3. The first-order valence-electron chi connectivity index (χ1n) is 8.76. The lowest BCUT2D eigenvalue weighted by Gasteiger charge is -2.25. The molecule has 0 spiro atoms. The maximum atomic E-state index is 12.0. The highest BCUT2D eigenvalue weighted by atomic mass is 32.2. The summed E-state index contributed by atoms with van der Waals surface area (Å²) in [4.78, 5) is 14.2. The standard InChI is InChI=1S/C16H33N3O3S/c1-15(2)19(23(3,21)22)13-9-10-17-16(20)14-18-11-7-5-4-6-8-12-18/h15H,4-14H2,1-3H3,(H,17,20). The Bertz CT molecular complexity index is 443. The van der Waals surface area contributed by atoms with Gasteiger partial charge in [-0.25, -0.2) is 8.42 Å². The van der Waals surface area contributed by atoms with Crippen LogP contribution in [0.15, 0.2) is 0 Å². The van der Waals surface area contributed by atoms with Crippen LogP contribution in [0.5, 0.6) is 0 Å². The number of carbonyl (C=O) groups is 1. The maximum Gasteiger partial charge on any atom is 0.234 e. The second kappa shape index (κ2) is 10.3. The smallest absolute Gasteiger partial charge is 0.234 e. The molecule has 1 fully saturated rings. The van der Waals surface area contributed by atoms with Crippen molar-refractivity contribution in [3.8, 4) is 0 Å². The SMILES string of the molecule is CC(C)N(CCCNC(=O)CN1CCCCCCC1)S(C)(=O)=O. The molecule has 0 aromatic heterocycles. The molecule has 1 saturated heterocycles. The van der Waals surface area contributed by atoms with Gasteiger partial charge in [-0.3, -0.25) is 9.69 Å². The first-order chi connectivity index (χ1) is 10.8. The average Bonchev–Trinajstić information content (AvgIpc) is 2.39. The molecule has 1 rings (SSSR count). The van der Waals surface area contributed by atoms with Gasteiger partial charge in [-0.1, -0.05) is 19.3 Å². The van der Waals surface area contributed by atoms with Gasteiger partial charge < -0.3 is 5.32 Å².